The molecule has 5 heteroatoms. The minimum atomic E-state index is 0.677. The average Bonchev–Trinajstić information content (AvgIpc) is 2.65. The van der Waals surface area contributed by atoms with Crippen molar-refractivity contribution in [2.45, 2.75) is 6.42 Å². The zero-order valence-electron chi connectivity index (χ0n) is 9.64. The third-order valence-electron chi connectivity index (χ3n) is 3.08. The standard InChI is InChI=1S/C12H15BrCl2N2/c1-16-6-8-2-3-17(7-8)12-10(14)4-9(13)5-11(12)15/h4-5,8,16H,2-3,6-7H2,1H3. The second-order valence-corrected chi connectivity index (χ2v) is 6.11. The number of anilines is 1. The molecule has 0 aliphatic carbocycles. The van der Waals surface area contributed by atoms with Crippen molar-refractivity contribution >= 4 is 44.8 Å². The molecule has 0 spiro atoms. The maximum Gasteiger partial charge on any atom is 0.0745 e. The molecule has 1 atom stereocenters. The number of hydrogen-bond donors (Lipinski definition) is 1. The van der Waals surface area contributed by atoms with Gasteiger partial charge in [-0.15, -0.1) is 0 Å². The van der Waals surface area contributed by atoms with E-state index in [1.54, 1.807) is 0 Å². The lowest BCUT2D eigenvalue weighted by Crippen LogP contribution is -2.24. The molecule has 0 aromatic heterocycles. The molecule has 0 radical (unpaired) electrons. The quantitative estimate of drug-likeness (QED) is 0.902. The van der Waals surface area contributed by atoms with E-state index in [-0.39, 0.29) is 0 Å². The summed E-state index contributed by atoms with van der Waals surface area (Å²) in [6, 6.07) is 3.79. The highest BCUT2D eigenvalue weighted by molar-refractivity contribution is 9.10. The van der Waals surface area contributed by atoms with Gasteiger partial charge in [0.1, 0.15) is 0 Å². The largest absolute Gasteiger partial charge is 0.369 e. The summed E-state index contributed by atoms with van der Waals surface area (Å²) in [7, 11) is 1.99. The van der Waals surface area contributed by atoms with Gasteiger partial charge in [-0.2, -0.15) is 0 Å². The van der Waals surface area contributed by atoms with Gasteiger partial charge in [-0.05, 0) is 38.1 Å². The summed E-state index contributed by atoms with van der Waals surface area (Å²) >= 11 is 15.9. The Labute approximate surface area is 120 Å². The van der Waals surface area contributed by atoms with Crippen LogP contribution in [0.25, 0.3) is 0 Å². The molecular formula is C12H15BrCl2N2. The van der Waals surface area contributed by atoms with Gasteiger partial charge in [0.25, 0.3) is 0 Å². The lowest BCUT2D eigenvalue weighted by Gasteiger charge is -2.21. The van der Waals surface area contributed by atoms with Gasteiger partial charge in [0, 0.05) is 17.6 Å². The Morgan fingerprint density at radius 2 is 2.06 bits per heavy atom. The molecular weight excluding hydrogens is 323 g/mol. The van der Waals surface area contributed by atoms with Gasteiger partial charge in [-0.25, -0.2) is 0 Å². The Morgan fingerprint density at radius 1 is 1.41 bits per heavy atom. The Balaban J connectivity index is 2.19. The van der Waals surface area contributed by atoms with Crippen LogP contribution in [0, 0.1) is 5.92 Å². The molecule has 1 aliphatic heterocycles. The normalized spacial score (nSPS) is 20.0. The molecule has 1 N–H and O–H groups in total. The lowest BCUT2D eigenvalue weighted by molar-refractivity contribution is 0.549. The summed E-state index contributed by atoms with van der Waals surface area (Å²) in [6.45, 7) is 3.08. The first-order chi connectivity index (χ1) is 8.11. The third kappa shape index (κ3) is 3.08. The summed E-state index contributed by atoms with van der Waals surface area (Å²) in [4.78, 5) is 2.28. The van der Waals surface area contributed by atoms with Crippen LogP contribution in [0.15, 0.2) is 16.6 Å². The Kier molecular flexibility index (Phi) is 4.59. The van der Waals surface area contributed by atoms with E-state index in [0.29, 0.717) is 5.92 Å². The van der Waals surface area contributed by atoms with Crippen LogP contribution < -0.4 is 10.2 Å². The molecule has 2 nitrogen and oxygen atoms in total. The highest BCUT2D eigenvalue weighted by atomic mass is 79.9. The first kappa shape index (κ1) is 13.5. The monoisotopic (exact) mass is 336 g/mol. The summed E-state index contributed by atoms with van der Waals surface area (Å²) < 4.78 is 0.919. The van der Waals surface area contributed by atoms with Gasteiger partial charge in [-0.3, -0.25) is 0 Å². The molecule has 0 bridgehead atoms. The molecule has 1 fully saturated rings. The summed E-state index contributed by atoms with van der Waals surface area (Å²) in [5.41, 5.74) is 0.968. The Hall–Kier alpha value is 0.0400. The molecule has 17 heavy (non-hydrogen) atoms. The van der Waals surface area contributed by atoms with Crippen LogP contribution in [0.3, 0.4) is 0 Å². The lowest BCUT2D eigenvalue weighted by atomic mass is 10.1. The van der Waals surface area contributed by atoms with E-state index in [4.69, 9.17) is 23.2 Å². The van der Waals surface area contributed by atoms with Gasteiger partial charge in [0.2, 0.25) is 0 Å². The van der Waals surface area contributed by atoms with Crippen molar-refractivity contribution in [2.24, 2.45) is 5.92 Å². The van der Waals surface area contributed by atoms with Crippen LogP contribution in [0.2, 0.25) is 10.0 Å². The van der Waals surface area contributed by atoms with Crippen molar-refractivity contribution in [3.63, 3.8) is 0 Å². The first-order valence-corrected chi connectivity index (χ1v) is 7.20. The predicted octanol–water partition coefficient (Wildman–Crippen LogP) is 3.80. The van der Waals surface area contributed by atoms with Crippen molar-refractivity contribution < 1.29 is 0 Å². The topological polar surface area (TPSA) is 15.3 Å². The van der Waals surface area contributed by atoms with Crippen molar-refractivity contribution in [1.82, 2.24) is 5.32 Å². The fourth-order valence-electron chi connectivity index (χ4n) is 2.33. The van der Waals surface area contributed by atoms with Gasteiger partial charge >= 0.3 is 0 Å². The van der Waals surface area contributed by atoms with Crippen LogP contribution in [0.5, 0.6) is 0 Å². The van der Waals surface area contributed by atoms with Crippen molar-refractivity contribution in [3.8, 4) is 0 Å². The van der Waals surface area contributed by atoms with E-state index < -0.39 is 0 Å². The highest BCUT2D eigenvalue weighted by Gasteiger charge is 2.25. The maximum atomic E-state index is 6.27. The van der Waals surface area contributed by atoms with E-state index in [2.05, 4.69) is 26.1 Å². The SMILES string of the molecule is CNCC1CCN(c2c(Cl)cc(Br)cc2Cl)C1. The molecule has 1 heterocycles. The number of benzene rings is 1. The Morgan fingerprint density at radius 3 is 2.65 bits per heavy atom. The van der Waals surface area contributed by atoms with Crippen LogP contribution in [0.4, 0.5) is 5.69 Å². The molecule has 1 aromatic carbocycles. The molecule has 1 unspecified atom stereocenters. The van der Waals surface area contributed by atoms with Crippen LogP contribution in [-0.2, 0) is 0 Å². The molecule has 94 valence electrons. The maximum absolute atomic E-state index is 6.27. The van der Waals surface area contributed by atoms with Gasteiger partial charge in [0.05, 0.1) is 15.7 Å². The van der Waals surface area contributed by atoms with E-state index >= 15 is 0 Å². The fraction of sp³-hybridized carbons (Fsp3) is 0.500. The third-order valence-corrected chi connectivity index (χ3v) is 4.11. The van der Waals surface area contributed by atoms with Crippen molar-refractivity contribution in [3.05, 3.63) is 26.7 Å². The molecule has 1 aromatic rings. The first-order valence-electron chi connectivity index (χ1n) is 5.66. The van der Waals surface area contributed by atoms with Gasteiger partial charge in [0.15, 0.2) is 0 Å². The second-order valence-electron chi connectivity index (χ2n) is 4.38. The van der Waals surface area contributed by atoms with E-state index in [9.17, 15) is 0 Å². The minimum absolute atomic E-state index is 0.677. The molecule has 2 rings (SSSR count). The number of nitrogens with one attached hydrogen (secondary N) is 1. The van der Waals surface area contributed by atoms with Crippen LogP contribution in [0.1, 0.15) is 6.42 Å². The van der Waals surface area contributed by atoms with E-state index in [1.165, 1.54) is 6.42 Å². The number of hydrogen-bond acceptors (Lipinski definition) is 2. The van der Waals surface area contributed by atoms with Crippen molar-refractivity contribution in [2.75, 3.05) is 31.6 Å². The van der Waals surface area contributed by atoms with Gasteiger partial charge < -0.3 is 10.2 Å². The van der Waals surface area contributed by atoms with E-state index in [1.807, 2.05) is 19.2 Å². The zero-order chi connectivity index (χ0) is 12.4. The Bertz CT molecular complexity index is 388. The second kappa shape index (κ2) is 5.79. The number of halogens is 3. The highest BCUT2D eigenvalue weighted by Crippen LogP contribution is 2.38. The molecule has 0 amide bonds. The summed E-state index contributed by atoms with van der Waals surface area (Å²) in [5, 5.41) is 4.65. The molecule has 1 saturated heterocycles. The zero-order valence-corrected chi connectivity index (χ0v) is 12.7. The van der Waals surface area contributed by atoms with Crippen LogP contribution >= 0.6 is 39.1 Å². The fourth-order valence-corrected chi connectivity index (χ4v) is 3.78. The summed E-state index contributed by atoms with van der Waals surface area (Å²) in [6.07, 6.45) is 1.18. The predicted molar refractivity (Wildman–Crippen MR) is 78.4 cm³/mol. The van der Waals surface area contributed by atoms with Gasteiger partial charge in [-0.1, -0.05) is 39.1 Å². The smallest absolute Gasteiger partial charge is 0.0745 e. The number of nitrogens with zero attached hydrogens (tertiary/aromatic N) is 1. The summed E-state index contributed by atoms with van der Waals surface area (Å²) in [5.74, 6) is 0.677. The van der Waals surface area contributed by atoms with E-state index in [0.717, 1.165) is 39.8 Å². The van der Waals surface area contributed by atoms with Crippen molar-refractivity contribution in [1.29, 1.82) is 0 Å². The minimum Gasteiger partial charge on any atom is -0.369 e. The molecule has 1 aliphatic rings. The number of rotatable bonds is 3. The average molecular weight is 338 g/mol. The van der Waals surface area contributed by atoms with Crippen LogP contribution in [-0.4, -0.2) is 26.7 Å². The molecule has 0 saturated carbocycles.